The van der Waals surface area contributed by atoms with Gasteiger partial charge in [-0.1, -0.05) is 19.1 Å². The summed E-state index contributed by atoms with van der Waals surface area (Å²) in [5, 5.41) is 11.6. The fourth-order valence-electron chi connectivity index (χ4n) is 3.68. The van der Waals surface area contributed by atoms with E-state index in [0.29, 0.717) is 17.2 Å². The maximum absolute atomic E-state index is 13.6. The molecule has 0 spiro atoms. The summed E-state index contributed by atoms with van der Waals surface area (Å²) >= 11 is 0. The first-order valence-corrected chi connectivity index (χ1v) is 8.54. The second-order valence-electron chi connectivity index (χ2n) is 6.67. The van der Waals surface area contributed by atoms with Crippen LogP contribution in [0.2, 0.25) is 0 Å². The number of nitrogens with one attached hydrogen (secondary N) is 1. The summed E-state index contributed by atoms with van der Waals surface area (Å²) < 4.78 is 15.1. The number of rotatable bonds is 4. The average molecular weight is 354 g/mol. The van der Waals surface area contributed by atoms with Gasteiger partial charge >= 0.3 is 0 Å². The monoisotopic (exact) mass is 354 g/mol. The molecule has 4 rings (SSSR count). The van der Waals surface area contributed by atoms with Crippen LogP contribution < -0.4 is 5.73 Å². The highest BCUT2D eigenvalue weighted by molar-refractivity contribution is 5.73. The Hall–Kier alpha value is -3.03. The van der Waals surface area contributed by atoms with E-state index in [-0.39, 0.29) is 24.2 Å². The van der Waals surface area contributed by atoms with Crippen LogP contribution in [0.3, 0.4) is 0 Å². The molecule has 3 N–H and O–H groups in total. The Balaban J connectivity index is 1.76. The van der Waals surface area contributed by atoms with Crippen molar-refractivity contribution in [2.75, 3.05) is 0 Å². The summed E-state index contributed by atoms with van der Waals surface area (Å²) in [6.45, 7) is 2.06. The van der Waals surface area contributed by atoms with Gasteiger partial charge in [-0.05, 0) is 36.5 Å². The third-order valence-electron chi connectivity index (χ3n) is 4.97. The van der Waals surface area contributed by atoms with E-state index in [9.17, 15) is 9.18 Å². The van der Waals surface area contributed by atoms with Crippen molar-refractivity contribution in [3.05, 3.63) is 53.4 Å². The number of aromatic nitrogens is 5. The summed E-state index contributed by atoms with van der Waals surface area (Å²) in [7, 11) is 0. The maximum atomic E-state index is 13.6. The zero-order valence-corrected chi connectivity index (χ0v) is 14.3. The Morgan fingerprint density at radius 1 is 1.46 bits per heavy atom. The number of hydrogen-bond donors (Lipinski definition) is 2. The number of carbonyl (C=O) groups excluding carboxylic acids is 1. The molecule has 1 aromatic carbocycles. The molecular formula is C18H19FN6O. The van der Waals surface area contributed by atoms with Gasteiger partial charge in [-0.25, -0.2) is 14.1 Å². The van der Waals surface area contributed by atoms with Crippen molar-refractivity contribution in [2.45, 2.75) is 38.1 Å². The minimum Gasteiger partial charge on any atom is -0.368 e. The average Bonchev–Trinajstić information content (AvgIpc) is 3.22. The smallest absolute Gasteiger partial charge is 0.239 e. The third-order valence-corrected chi connectivity index (χ3v) is 4.97. The van der Waals surface area contributed by atoms with Crippen LogP contribution in [0.15, 0.2) is 30.5 Å². The first-order valence-electron chi connectivity index (χ1n) is 8.54. The van der Waals surface area contributed by atoms with E-state index in [2.05, 4.69) is 27.2 Å². The van der Waals surface area contributed by atoms with E-state index in [1.165, 1.54) is 12.1 Å². The Bertz CT molecular complexity index is 962. The normalized spacial score (nSPS) is 19.3. The van der Waals surface area contributed by atoms with Gasteiger partial charge < -0.3 is 5.73 Å². The number of aromatic amines is 1. The van der Waals surface area contributed by atoms with Crippen LogP contribution in [0.5, 0.6) is 0 Å². The molecule has 2 heterocycles. The zero-order valence-electron chi connectivity index (χ0n) is 14.3. The number of hydrogen-bond acceptors (Lipinski definition) is 4. The van der Waals surface area contributed by atoms with Gasteiger partial charge in [0.25, 0.3) is 0 Å². The van der Waals surface area contributed by atoms with Gasteiger partial charge in [0.1, 0.15) is 18.2 Å². The molecule has 26 heavy (non-hydrogen) atoms. The lowest BCUT2D eigenvalue weighted by Crippen LogP contribution is -2.25. The molecule has 134 valence electrons. The third kappa shape index (κ3) is 2.87. The minimum atomic E-state index is -0.491. The van der Waals surface area contributed by atoms with Crippen LogP contribution in [0.4, 0.5) is 4.39 Å². The second-order valence-corrected chi connectivity index (χ2v) is 6.67. The first kappa shape index (κ1) is 16.4. The van der Waals surface area contributed by atoms with E-state index in [1.54, 1.807) is 16.8 Å². The first-order chi connectivity index (χ1) is 12.5. The SMILES string of the molecule is CC1c2cn[nH]c2CCC1c1nc(-c2cccc(F)c2)nn1CC(N)=O. The van der Waals surface area contributed by atoms with Crippen molar-refractivity contribution in [3.8, 4) is 11.4 Å². The van der Waals surface area contributed by atoms with Crippen LogP contribution >= 0.6 is 0 Å². The minimum absolute atomic E-state index is 0.0564. The lowest BCUT2D eigenvalue weighted by atomic mass is 9.78. The van der Waals surface area contributed by atoms with E-state index in [0.717, 1.165) is 24.1 Å². The van der Waals surface area contributed by atoms with E-state index >= 15 is 0 Å². The molecule has 0 saturated carbocycles. The summed E-state index contributed by atoms with van der Waals surface area (Å²) in [4.78, 5) is 16.2. The molecule has 0 bridgehead atoms. The van der Waals surface area contributed by atoms with E-state index in [1.807, 2.05) is 6.20 Å². The summed E-state index contributed by atoms with van der Waals surface area (Å²) in [6.07, 6.45) is 3.55. The van der Waals surface area contributed by atoms with Crippen molar-refractivity contribution in [1.29, 1.82) is 0 Å². The molecule has 2 unspecified atom stereocenters. The highest BCUT2D eigenvalue weighted by Crippen LogP contribution is 2.41. The van der Waals surface area contributed by atoms with Crippen molar-refractivity contribution < 1.29 is 9.18 Å². The zero-order chi connectivity index (χ0) is 18.3. The molecule has 1 aliphatic rings. The van der Waals surface area contributed by atoms with Crippen molar-refractivity contribution in [3.63, 3.8) is 0 Å². The molecule has 2 atom stereocenters. The molecule has 0 fully saturated rings. The number of halogens is 1. The van der Waals surface area contributed by atoms with Crippen molar-refractivity contribution >= 4 is 5.91 Å². The standard InChI is InChI=1S/C18H19FN6O/c1-10-13(5-6-15-14(10)8-21-23-15)18-22-17(24-25(18)9-16(20)26)11-3-2-4-12(19)7-11/h2-4,7-8,10,13H,5-6,9H2,1H3,(H2,20,26)(H,21,23). The number of benzene rings is 1. The Kier molecular flexibility index (Phi) is 4.02. The molecule has 2 aromatic heterocycles. The number of amides is 1. The van der Waals surface area contributed by atoms with Crippen LogP contribution in [0.25, 0.3) is 11.4 Å². The number of fused-ring (bicyclic) bond motifs is 1. The maximum Gasteiger partial charge on any atom is 0.239 e. The van der Waals surface area contributed by atoms with Gasteiger partial charge in [0.15, 0.2) is 5.82 Å². The van der Waals surface area contributed by atoms with Gasteiger partial charge in [-0.2, -0.15) is 10.2 Å². The van der Waals surface area contributed by atoms with E-state index < -0.39 is 5.91 Å². The highest BCUT2D eigenvalue weighted by Gasteiger charge is 2.33. The largest absolute Gasteiger partial charge is 0.368 e. The highest BCUT2D eigenvalue weighted by atomic mass is 19.1. The van der Waals surface area contributed by atoms with Crippen LogP contribution in [0, 0.1) is 5.82 Å². The van der Waals surface area contributed by atoms with Crippen LogP contribution in [-0.4, -0.2) is 30.9 Å². The Morgan fingerprint density at radius 2 is 2.31 bits per heavy atom. The molecule has 0 radical (unpaired) electrons. The van der Waals surface area contributed by atoms with Crippen molar-refractivity contribution in [2.24, 2.45) is 5.73 Å². The number of H-pyrrole nitrogens is 1. The van der Waals surface area contributed by atoms with Gasteiger partial charge in [0, 0.05) is 17.2 Å². The van der Waals surface area contributed by atoms with E-state index in [4.69, 9.17) is 5.73 Å². The molecule has 3 aromatic rings. The number of aryl methyl sites for hydroxylation is 1. The van der Waals surface area contributed by atoms with Crippen LogP contribution in [-0.2, 0) is 17.8 Å². The molecule has 0 saturated heterocycles. The van der Waals surface area contributed by atoms with Gasteiger partial charge in [0.2, 0.25) is 5.91 Å². The number of nitrogens with zero attached hydrogens (tertiary/aromatic N) is 4. The predicted octanol–water partition coefficient (Wildman–Crippen LogP) is 2.13. The lowest BCUT2D eigenvalue weighted by Gasteiger charge is -2.27. The topological polar surface area (TPSA) is 102 Å². The van der Waals surface area contributed by atoms with Crippen molar-refractivity contribution in [1.82, 2.24) is 25.0 Å². The fourth-order valence-corrected chi connectivity index (χ4v) is 3.68. The number of carbonyl (C=O) groups is 1. The van der Waals surface area contributed by atoms with Gasteiger partial charge in [-0.15, -0.1) is 0 Å². The summed E-state index contributed by atoms with van der Waals surface area (Å²) in [6, 6.07) is 6.11. The molecule has 7 nitrogen and oxygen atoms in total. The fraction of sp³-hybridized carbons (Fsp3) is 0.333. The molecular weight excluding hydrogens is 335 g/mol. The van der Waals surface area contributed by atoms with Gasteiger partial charge in [0.05, 0.1) is 6.20 Å². The molecule has 8 heteroatoms. The predicted molar refractivity (Wildman–Crippen MR) is 92.7 cm³/mol. The molecule has 1 amide bonds. The summed E-state index contributed by atoms with van der Waals surface area (Å²) in [5.74, 6) is 0.495. The second kappa shape index (κ2) is 6.36. The van der Waals surface area contributed by atoms with Gasteiger partial charge in [-0.3, -0.25) is 9.89 Å². The molecule has 0 aliphatic heterocycles. The quantitative estimate of drug-likeness (QED) is 0.749. The Labute approximate surface area is 149 Å². The summed E-state index contributed by atoms with van der Waals surface area (Å²) in [5.41, 5.74) is 8.25. The Morgan fingerprint density at radius 3 is 3.08 bits per heavy atom. The number of primary amides is 1. The number of nitrogens with two attached hydrogens (primary N) is 1. The molecule has 1 aliphatic carbocycles. The lowest BCUT2D eigenvalue weighted by molar-refractivity contribution is -0.118. The van der Waals surface area contributed by atoms with Crippen LogP contribution in [0.1, 0.15) is 42.3 Å².